The summed E-state index contributed by atoms with van der Waals surface area (Å²) in [6.07, 6.45) is 1.92. The van der Waals surface area contributed by atoms with Gasteiger partial charge in [0, 0.05) is 28.7 Å². The fourth-order valence-electron chi connectivity index (χ4n) is 2.40. The minimum Gasteiger partial charge on any atom is -0.316 e. The molecule has 1 heterocycles. The van der Waals surface area contributed by atoms with Crippen LogP contribution in [0.4, 0.5) is 0 Å². The summed E-state index contributed by atoms with van der Waals surface area (Å²) in [6, 6.07) is 16.3. The average molecular weight is 283 g/mol. The molecule has 3 rings (SSSR count). The summed E-state index contributed by atoms with van der Waals surface area (Å²) >= 11 is 6.09. The molecule has 0 saturated carbocycles. The van der Waals surface area contributed by atoms with E-state index in [4.69, 9.17) is 11.6 Å². The molecule has 1 aromatic heterocycles. The molecule has 0 spiro atoms. The molecule has 3 heteroatoms. The van der Waals surface area contributed by atoms with Gasteiger partial charge in [-0.3, -0.25) is 4.98 Å². The maximum absolute atomic E-state index is 6.09. The molecule has 0 aliphatic heterocycles. The van der Waals surface area contributed by atoms with Crippen LogP contribution in [0.25, 0.3) is 22.0 Å². The number of aromatic nitrogens is 1. The fraction of sp³-hybridized carbons (Fsp3) is 0.118. The molecular formula is C17H15ClN2. The first kappa shape index (κ1) is 13.1. The molecule has 2 nitrogen and oxygen atoms in total. The zero-order valence-corrected chi connectivity index (χ0v) is 12.0. The fourth-order valence-corrected chi connectivity index (χ4v) is 2.59. The van der Waals surface area contributed by atoms with Gasteiger partial charge in [0.2, 0.25) is 0 Å². The zero-order valence-electron chi connectivity index (χ0n) is 11.2. The molecule has 0 saturated heterocycles. The second-order valence-electron chi connectivity index (χ2n) is 4.75. The quantitative estimate of drug-likeness (QED) is 0.776. The number of hydrogen-bond acceptors (Lipinski definition) is 2. The Kier molecular flexibility index (Phi) is 3.68. The van der Waals surface area contributed by atoms with E-state index in [1.165, 1.54) is 11.1 Å². The summed E-state index contributed by atoms with van der Waals surface area (Å²) in [5, 5.41) is 5.09. The number of benzene rings is 2. The number of fused-ring (bicyclic) bond motifs is 1. The summed E-state index contributed by atoms with van der Waals surface area (Å²) in [7, 11) is 1.93. The summed E-state index contributed by atoms with van der Waals surface area (Å²) in [4.78, 5) is 4.53. The third-order valence-electron chi connectivity index (χ3n) is 3.34. The van der Waals surface area contributed by atoms with Crippen molar-refractivity contribution in [3.63, 3.8) is 0 Å². The maximum Gasteiger partial charge on any atom is 0.0702 e. The highest BCUT2D eigenvalue weighted by Crippen LogP contribution is 2.28. The number of hydrogen-bond donors (Lipinski definition) is 1. The monoisotopic (exact) mass is 282 g/mol. The zero-order chi connectivity index (χ0) is 13.9. The highest BCUT2D eigenvalue weighted by atomic mass is 35.5. The molecule has 2 aromatic carbocycles. The van der Waals surface area contributed by atoms with Crippen LogP contribution < -0.4 is 5.32 Å². The molecular weight excluding hydrogens is 268 g/mol. The molecule has 3 aromatic rings. The molecule has 0 amide bonds. The normalized spacial score (nSPS) is 10.9. The van der Waals surface area contributed by atoms with Gasteiger partial charge in [0.1, 0.15) is 0 Å². The van der Waals surface area contributed by atoms with Crippen LogP contribution in [-0.4, -0.2) is 12.0 Å². The van der Waals surface area contributed by atoms with E-state index in [0.29, 0.717) is 0 Å². The van der Waals surface area contributed by atoms with Crippen molar-refractivity contribution in [3.8, 4) is 11.1 Å². The van der Waals surface area contributed by atoms with Crippen molar-refractivity contribution < 1.29 is 0 Å². The molecule has 20 heavy (non-hydrogen) atoms. The van der Waals surface area contributed by atoms with Gasteiger partial charge in [-0.15, -0.1) is 0 Å². The third-order valence-corrected chi connectivity index (χ3v) is 3.57. The predicted molar refractivity (Wildman–Crippen MR) is 85.0 cm³/mol. The SMILES string of the molecule is CNCc1cc(Cl)ccc1-c1cnc2ccccc2c1. The van der Waals surface area contributed by atoms with Crippen molar-refractivity contribution in [2.45, 2.75) is 6.54 Å². The number of para-hydroxylation sites is 1. The van der Waals surface area contributed by atoms with E-state index in [0.717, 1.165) is 28.0 Å². The van der Waals surface area contributed by atoms with E-state index in [-0.39, 0.29) is 0 Å². The van der Waals surface area contributed by atoms with Crippen molar-refractivity contribution in [1.82, 2.24) is 10.3 Å². The molecule has 0 aliphatic rings. The Balaban J connectivity index is 2.14. The van der Waals surface area contributed by atoms with Gasteiger partial charge in [-0.25, -0.2) is 0 Å². The van der Waals surface area contributed by atoms with E-state index in [1.807, 2.05) is 43.6 Å². The molecule has 0 unspecified atom stereocenters. The van der Waals surface area contributed by atoms with Gasteiger partial charge >= 0.3 is 0 Å². The number of rotatable bonds is 3. The second-order valence-corrected chi connectivity index (χ2v) is 5.18. The van der Waals surface area contributed by atoms with Gasteiger partial charge < -0.3 is 5.32 Å². The summed E-state index contributed by atoms with van der Waals surface area (Å²) in [5.41, 5.74) is 4.48. The lowest BCUT2D eigenvalue weighted by Crippen LogP contribution is -2.06. The first-order valence-electron chi connectivity index (χ1n) is 6.56. The summed E-state index contributed by atoms with van der Waals surface area (Å²) < 4.78 is 0. The first-order chi connectivity index (χ1) is 9.78. The van der Waals surface area contributed by atoms with Gasteiger partial charge in [0.25, 0.3) is 0 Å². The average Bonchev–Trinajstić information content (AvgIpc) is 2.47. The molecule has 100 valence electrons. The van der Waals surface area contributed by atoms with Crippen molar-refractivity contribution in [1.29, 1.82) is 0 Å². The van der Waals surface area contributed by atoms with Crippen LogP contribution in [0.15, 0.2) is 54.7 Å². The smallest absolute Gasteiger partial charge is 0.0702 e. The lowest BCUT2D eigenvalue weighted by molar-refractivity contribution is 0.819. The van der Waals surface area contributed by atoms with Gasteiger partial charge in [-0.1, -0.05) is 35.9 Å². The number of halogens is 1. The topological polar surface area (TPSA) is 24.9 Å². The van der Waals surface area contributed by atoms with Crippen molar-refractivity contribution in [3.05, 3.63) is 65.3 Å². The molecule has 0 bridgehead atoms. The van der Waals surface area contributed by atoms with Crippen LogP contribution in [0.2, 0.25) is 5.02 Å². The number of pyridine rings is 1. The highest BCUT2D eigenvalue weighted by molar-refractivity contribution is 6.30. The maximum atomic E-state index is 6.09. The largest absolute Gasteiger partial charge is 0.316 e. The minimum absolute atomic E-state index is 0.757. The van der Waals surface area contributed by atoms with Crippen LogP contribution >= 0.6 is 11.6 Å². The highest BCUT2D eigenvalue weighted by Gasteiger charge is 2.07. The minimum atomic E-state index is 0.757. The lowest BCUT2D eigenvalue weighted by Gasteiger charge is -2.10. The van der Waals surface area contributed by atoms with Crippen LogP contribution in [0, 0.1) is 0 Å². The van der Waals surface area contributed by atoms with E-state index in [2.05, 4.69) is 28.5 Å². The second kappa shape index (κ2) is 5.61. The van der Waals surface area contributed by atoms with Gasteiger partial charge in [0.05, 0.1) is 5.52 Å². The van der Waals surface area contributed by atoms with E-state index < -0.39 is 0 Å². The van der Waals surface area contributed by atoms with Gasteiger partial charge in [0.15, 0.2) is 0 Å². The Labute approximate surface area is 123 Å². The molecule has 0 radical (unpaired) electrons. The number of nitrogens with one attached hydrogen (secondary N) is 1. The Bertz CT molecular complexity index is 753. The van der Waals surface area contributed by atoms with Crippen molar-refractivity contribution in [2.75, 3.05) is 7.05 Å². The predicted octanol–water partition coefficient (Wildman–Crippen LogP) is 4.27. The lowest BCUT2D eigenvalue weighted by atomic mass is 10.00. The Hall–Kier alpha value is -1.90. The van der Waals surface area contributed by atoms with Gasteiger partial charge in [-0.2, -0.15) is 0 Å². The third kappa shape index (κ3) is 2.53. The van der Waals surface area contributed by atoms with Crippen molar-refractivity contribution >= 4 is 22.5 Å². The Morgan fingerprint density at radius 1 is 1.10 bits per heavy atom. The Morgan fingerprint density at radius 2 is 1.95 bits per heavy atom. The first-order valence-corrected chi connectivity index (χ1v) is 6.94. The van der Waals surface area contributed by atoms with E-state index >= 15 is 0 Å². The van der Waals surface area contributed by atoms with Crippen LogP contribution in [0.3, 0.4) is 0 Å². The van der Waals surface area contributed by atoms with Gasteiger partial charge in [-0.05, 0) is 42.4 Å². The van der Waals surface area contributed by atoms with Crippen molar-refractivity contribution in [2.24, 2.45) is 0 Å². The molecule has 0 atom stereocenters. The number of nitrogens with zero attached hydrogens (tertiary/aromatic N) is 1. The van der Waals surface area contributed by atoms with Crippen LogP contribution in [-0.2, 0) is 6.54 Å². The van der Waals surface area contributed by atoms with E-state index in [9.17, 15) is 0 Å². The summed E-state index contributed by atoms with van der Waals surface area (Å²) in [6.45, 7) is 0.780. The van der Waals surface area contributed by atoms with E-state index in [1.54, 1.807) is 0 Å². The van der Waals surface area contributed by atoms with Crippen LogP contribution in [0.5, 0.6) is 0 Å². The molecule has 1 N–H and O–H groups in total. The Morgan fingerprint density at radius 3 is 2.80 bits per heavy atom. The molecule has 0 fully saturated rings. The molecule has 0 aliphatic carbocycles. The van der Waals surface area contributed by atoms with Crippen LogP contribution in [0.1, 0.15) is 5.56 Å². The summed E-state index contributed by atoms with van der Waals surface area (Å²) in [5.74, 6) is 0. The standard InChI is InChI=1S/C17H15ClN2/c1-19-10-14-9-15(18)6-7-16(14)13-8-12-4-2-3-5-17(12)20-11-13/h2-9,11,19H,10H2,1H3.